The third kappa shape index (κ3) is 3.37. The second-order valence-corrected chi connectivity index (χ2v) is 5.62. The molecule has 0 unspecified atom stereocenters. The molecule has 0 atom stereocenters. The SMILES string of the molecule is CCc1nc(C)c(C(=O)N(C)CCCc2c(C)n[nH]c2C)o1. The fourth-order valence-electron chi connectivity index (χ4n) is 2.51. The third-order valence-corrected chi connectivity index (χ3v) is 3.89. The Labute approximate surface area is 130 Å². The van der Waals surface area contributed by atoms with Crippen LogP contribution in [-0.4, -0.2) is 39.6 Å². The first-order chi connectivity index (χ1) is 10.4. The number of oxazole rings is 1. The van der Waals surface area contributed by atoms with Gasteiger partial charge in [-0.25, -0.2) is 4.98 Å². The van der Waals surface area contributed by atoms with Crippen molar-refractivity contribution in [2.45, 2.75) is 47.0 Å². The van der Waals surface area contributed by atoms with Crippen LogP contribution in [-0.2, 0) is 12.8 Å². The van der Waals surface area contributed by atoms with E-state index in [1.165, 1.54) is 5.56 Å². The summed E-state index contributed by atoms with van der Waals surface area (Å²) in [6.45, 7) is 8.46. The summed E-state index contributed by atoms with van der Waals surface area (Å²) in [5.41, 5.74) is 4.04. The number of carbonyl (C=O) groups is 1. The number of nitrogens with zero attached hydrogens (tertiary/aromatic N) is 3. The van der Waals surface area contributed by atoms with Crippen LogP contribution in [0.5, 0.6) is 0 Å². The van der Waals surface area contributed by atoms with E-state index in [2.05, 4.69) is 15.2 Å². The van der Waals surface area contributed by atoms with Gasteiger partial charge < -0.3 is 9.32 Å². The molecule has 0 saturated heterocycles. The highest BCUT2D eigenvalue weighted by molar-refractivity contribution is 5.92. The molecule has 2 aromatic heterocycles. The van der Waals surface area contributed by atoms with E-state index in [0.717, 1.165) is 24.2 Å². The van der Waals surface area contributed by atoms with Gasteiger partial charge in [0, 0.05) is 25.7 Å². The first kappa shape index (κ1) is 16.3. The Morgan fingerprint density at radius 3 is 2.55 bits per heavy atom. The Morgan fingerprint density at radius 1 is 1.27 bits per heavy atom. The normalized spacial score (nSPS) is 11.0. The first-order valence-corrected chi connectivity index (χ1v) is 7.66. The predicted molar refractivity (Wildman–Crippen MR) is 84.0 cm³/mol. The van der Waals surface area contributed by atoms with Gasteiger partial charge in [-0.1, -0.05) is 6.92 Å². The molecule has 1 amide bonds. The number of rotatable bonds is 6. The van der Waals surface area contributed by atoms with Gasteiger partial charge >= 0.3 is 0 Å². The number of aromatic amines is 1. The zero-order chi connectivity index (χ0) is 16.3. The molecule has 22 heavy (non-hydrogen) atoms. The molecule has 1 N–H and O–H groups in total. The zero-order valence-corrected chi connectivity index (χ0v) is 14.0. The molecule has 6 nitrogen and oxygen atoms in total. The second-order valence-electron chi connectivity index (χ2n) is 5.62. The van der Waals surface area contributed by atoms with Gasteiger partial charge in [0.25, 0.3) is 5.91 Å². The third-order valence-electron chi connectivity index (χ3n) is 3.89. The van der Waals surface area contributed by atoms with E-state index in [-0.39, 0.29) is 5.91 Å². The smallest absolute Gasteiger partial charge is 0.291 e. The molecule has 0 aliphatic carbocycles. The highest BCUT2D eigenvalue weighted by Crippen LogP contribution is 2.15. The van der Waals surface area contributed by atoms with E-state index >= 15 is 0 Å². The number of H-pyrrole nitrogens is 1. The van der Waals surface area contributed by atoms with Gasteiger partial charge in [0.15, 0.2) is 5.89 Å². The molecule has 2 heterocycles. The molecule has 2 rings (SSSR count). The maximum atomic E-state index is 12.4. The number of hydrogen-bond donors (Lipinski definition) is 1. The molecule has 0 spiro atoms. The predicted octanol–water partition coefficient (Wildman–Crippen LogP) is 2.59. The Bertz CT molecular complexity index is 638. The van der Waals surface area contributed by atoms with Crippen LogP contribution in [0.25, 0.3) is 0 Å². The number of hydrogen-bond acceptors (Lipinski definition) is 4. The van der Waals surface area contributed by atoms with Crippen molar-refractivity contribution in [2.75, 3.05) is 13.6 Å². The molecule has 6 heteroatoms. The van der Waals surface area contributed by atoms with Gasteiger partial charge in [0.05, 0.1) is 11.4 Å². The molecule has 0 saturated carbocycles. The lowest BCUT2D eigenvalue weighted by Gasteiger charge is -2.15. The van der Waals surface area contributed by atoms with Crippen molar-refractivity contribution in [3.63, 3.8) is 0 Å². The van der Waals surface area contributed by atoms with E-state index in [1.807, 2.05) is 27.7 Å². The summed E-state index contributed by atoms with van der Waals surface area (Å²) < 4.78 is 5.52. The molecule has 0 fully saturated rings. The average molecular weight is 304 g/mol. The zero-order valence-electron chi connectivity index (χ0n) is 14.0. The lowest BCUT2D eigenvalue weighted by molar-refractivity contribution is 0.0759. The summed E-state index contributed by atoms with van der Waals surface area (Å²) in [6.07, 6.45) is 2.48. The summed E-state index contributed by atoms with van der Waals surface area (Å²) in [5.74, 6) is 0.860. The monoisotopic (exact) mass is 304 g/mol. The van der Waals surface area contributed by atoms with Crippen LogP contribution in [0.2, 0.25) is 0 Å². The highest BCUT2D eigenvalue weighted by atomic mass is 16.4. The Kier molecular flexibility index (Phi) is 5.00. The molecule has 2 aromatic rings. The summed E-state index contributed by atoms with van der Waals surface area (Å²) in [5, 5.41) is 7.18. The lowest BCUT2D eigenvalue weighted by Crippen LogP contribution is -2.28. The average Bonchev–Trinajstić information content (AvgIpc) is 3.02. The van der Waals surface area contributed by atoms with Crippen LogP contribution >= 0.6 is 0 Å². The van der Waals surface area contributed by atoms with Crippen LogP contribution in [0.4, 0.5) is 0 Å². The van der Waals surface area contributed by atoms with Crippen molar-refractivity contribution in [3.8, 4) is 0 Å². The summed E-state index contributed by atoms with van der Waals surface area (Å²) >= 11 is 0. The van der Waals surface area contributed by atoms with Crippen LogP contribution < -0.4 is 0 Å². The quantitative estimate of drug-likeness (QED) is 0.890. The summed E-state index contributed by atoms with van der Waals surface area (Å²) in [4.78, 5) is 18.3. The van der Waals surface area contributed by atoms with Crippen LogP contribution in [0.15, 0.2) is 4.42 Å². The van der Waals surface area contributed by atoms with Crippen molar-refractivity contribution in [1.29, 1.82) is 0 Å². The van der Waals surface area contributed by atoms with Crippen molar-refractivity contribution >= 4 is 5.91 Å². The van der Waals surface area contributed by atoms with Crippen molar-refractivity contribution in [1.82, 2.24) is 20.1 Å². The van der Waals surface area contributed by atoms with Crippen molar-refractivity contribution < 1.29 is 9.21 Å². The fraction of sp³-hybridized carbons (Fsp3) is 0.562. The van der Waals surface area contributed by atoms with Gasteiger partial charge in [-0.05, 0) is 39.2 Å². The van der Waals surface area contributed by atoms with Gasteiger partial charge in [-0.15, -0.1) is 0 Å². The van der Waals surface area contributed by atoms with E-state index in [9.17, 15) is 4.79 Å². The van der Waals surface area contributed by atoms with Gasteiger partial charge in [-0.3, -0.25) is 9.89 Å². The van der Waals surface area contributed by atoms with Crippen LogP contribution in [0.1, 0.15) is 52.4 Å². The van der Waals surface area contributed by atoms with Gasteiger partial charge in [0.1, 0.15) is 0 Å². The minimum absolute atomic E-state index is 0.106. The molecule has 0 bridgehead atoms. The topological polar surface area (TPSA) is 75.0 Å². The highest BCUT2D eigenvalue weighted by Gasteiger charge is 2.20. The van der Waals surface area contributed by atoms with Gasteiger partial charge in [0.2, 0.25) is 5.76 Å². The first-order valence-electron chi connectivity index (χ1n) is 7.66. The molecule has 120 valence electrons. The Morgan fingerprint density at radius 2 is 2.00 bits per heavy atom. The van der Waals surface area contributed by atoms with E-state index in [4.69, 9.17) is 4.42 Å². The number of aromatic nitrogens is 3. The maximum absolute atomic E-state index is 12.4. The molecule has 0 aromatic carbocycles. The summed E-state index contributed by atoms with van der Waals surface area (Å²) in [7, 11) is 1.80. The largest absolute Gasteiger partial charge is 0.435 e. The van der Waals surface area contributed by atoms with Gasteiger partial charge in [-0.2, -0.15) is 5.10 Å². The van der Waals surface area contributed by atoms with E-state index in [1.54, 1.807) is 11.9 Å². The van der Waals surface area contributed by atoms with Crippen molar-refractivity contribution in [3.05, 3.63) is 34.3 Å². The van der Waals surface area contributed by atoms with Crippen LogP contribution in [0.3, 0.4) is 0 Å². The standard InChI is InChI=1S/C16H24N4O2/c1-6-14-17-12(4)15(22-14)16(21)20(5)9-7-8-13-10(2)18-19-11(13)3/h6-9H2,1-5H3,(H,18,19). The molecular formula is C16H24N4O2. The molecular weight excluding hydrogens is 280 g/mol. The van der Waals surface area contributed by atoms with E-state index < -0.39 is 0 Å². The minimum Gasteiger partial charge on any atom is -0.435 e. The molecule has 0 radical (unpaired) electrons. The molecule has 0 aliphatic rings. The number of carbonyl (C=O) groups excluding carboxylic acids is 1. The van der Waals surface area contributed by atoms with E-state index in [0.29, 0.717) is 30.3 Å². The Balaban J connectivity index is 1.93. The summed E-state index contributed by atoms with van der Waals surface area (Å²) in [6, 6.07) is 0. The fourth-order valence-corrected chi connectivity index (χ4v) is 2.51. The van der Waals surface area contributed by atoms with Crippen LogP contribution in [0, 0.1) is 20.8 Å². The number of nitrogens with one attached hydrogen (secondary N) is 1. The number of amides is 1. The maximum Gasteiger partial charge on any atom is 0.291 e. The molecule has 0 aliphatic heterocycles. The number of aryl methyl sites for hydroxylation is 4. The lowest BCUT2D eigenvalue weighted by atomic mass is 10.1. The Hall–Kier alpha value is -2.11. The van der Waals surface area contributed by atoms with Crippen molar-refractivity contribution in [2.24, 2.45) is 0 Å². The second kappa shape index (κ2) is 6.77. The minimum atomic E-state index is -0.106.